The maximum Gasteiger partial charge on any atom is 0.238 e. The average Bonchev–Trinajstić information content (AvgIpc) is 2.97. The highest BCUT2D eigenvalue weighted by atomic mass is 35.5. The molecule has 1 amide bonds. The molecule has 0 bridgehead atoms. The minimum absolute atomic E-state index is 0.157. The van der Waals surface area contributed by atoms with Crippen molar-refractivity contribution in [3.63, 3.8) is 0 Å². The number of likely N-dealkylation sites (N-methyl/N-ethyl adjacent to an activating group) is 1. The number of para-hydroxylation sites is 1. The van der Waals surface area contributed by atoms with Gasteiger partial charge in [-0.25, -0.2) is 4.68 Å². The van der Waals surface area contributed by atoms with Crippen molar-refractivity contribution in [1.29, 1.82) is 0 Å². The molecule has 0 atom stereocenters. The summed E-state index contributed by atoms with van der Waals surface area (Å²) in [6.45, 7) is 4.69. The lowest BCUT2D eigenvalue weighted by atomic mass is 10.1. The lowest BCUT2D eigenvalue weighted by molar-refractivity contribution is -0.117. The van der Waals surface area contributed by atoms with Crippen LogP contribution >= 0.6 is 23.8 Å². The Morgan fingerprint density at radius 1 is 1.25 bits per heavy atom. The molecule has 0 aliphatic rings. The van der Waals surface area contributed by atoms with E-state index in [1.54, 1.807) is 23.1 Å². The van der Waals surface area contributed by atoms with Crippen molar-refractivity contribution in [2.45, 2.75) is 20.5 Å². The third-order valence-electron chi connectivity index (χ3n) is 4.28. The minimum Gasteiger partial charge on any atom is -0.324 e. The number of anilines is 1. The second-order valence-electron chi connectivity index (χ2n) is 6.76. The molecule has 28 heavy (non-hydrogen) atoms. The van der Waals surface area contributed by atoms with E-state index >= 15 is 0 Å². The molecule has 0 radical (unpaired) electrons. The fraction of sp³-hybridized carbons (Fsp3) is 0.250. The number of amides is 1. The summed E-state index contributed by atoms with van der Waals surface area (Å²) in [4.78, 5) is 14.1. The smallest absolute Gasteiger partial charge is 0.238 e. The molecule has 0 saturated carbocycles. The molecule has 0 spiro atoms. The van der Waals surface area contributed by atoms with E-state index < -0.39 is 0 Å². The summed E-state index contributed by atoms with van der Waals surface area (Å²) >= 11 is 11.7. The molecule has 0 fully saturated rings. The Balaban J connectivity index is 1.67. The summed E-state index contributed by atoms with van der Waals surface area (Å²) < 4.78 is 4.14. The molecule has 0 aliphatic carbocycles. The van der Waals surface area contributed by atoms with Gasteiger partial charge in [0.15, 0.2) is 0 Å². The lowest BCUT2D eigenvalue weighted by Gasteiger charge is -2.16. The highest BCUT2D eigenvalue weighted by Crippen LogP contribution is 2.20. The molecule has 3 rings (SSSR count). The van der Waals surface area contributed by atoms with Gasteiger partial charge in [-0.3, -0.25) is 14.3 Å². The summed E-state index contributed by atoms with van der Waals surface area (Å²) in [6.07, 6.45) is 1.71. The van der Waals surface area contributed by atoms with Crippen LogP contribution in [0, 0.1) is 18.6 Å². The topological polar surface area (TPSA) is 55.1 Å². The van der Waals surface area contributed by atoms with Gasteiger partial charge in [0.05, 0.1) is 29.6 Å². The predicted octanol–water partition coefficient (Wildman–Crippen LogP) is 4.20. The van der Waals surface area contributed by atoms with Crippen molar-refractivity contribution in [2.75, 3.05) is 18.9 Å². The van der Waals surface area contributed by atoms with Gasteiger partial charge < -0.3 is 5.32 Å². The van der Waals surface area contributed by atoms with Crippen molar-refractivity contribution in [2.24, 2.45) is 0 Å². The first-order chi connectivity index (χ1) is 13.3. The highest BCUT2D eigenvalue weighted by Gasteiger charge is 2.12. The van der Waals surface area contributed by atoms with Crippen molar-refractivity contribution < 1.29 is 4.79 Å². The molecular formula is C20H22ClN5OS. The van der Waals surface area contributed by atoms with Gasteiger partial charge >= 0.3 is 0 Å². The van der Waals surface area contributed by atoms with E-state index in [1.165, 1.54) is 5.56 Å². The van der Waals surface area contributed by atoms with Crippen LogP contribution in [0.2, 0.25) is 5.02 Å². The van der Waals surface area contributed by atoms with Gasteiger partial charge in [0.1, 0.15) is 6.33 Å². The van der Waals surface area contributed by atoms with Gasteiger partial charge in [0.25, 0.3) is 0 Å². The first kappa shape index (κ1) is 20.3. The molecule has 0 saturated heterocycles. The van der Waals surface area contributed by atoms with Crippen molar-refractivity contribution in [3.05, 3.63) is 69.7 Å². The van der Waals surface area contributed by atoms with E-state index in [-0.39, 0.29) is 12.5 Å². The van der Waals surface area contributed by atoms with E-state index in [0.29, 0.717) is 22.1 Å². The summed E-state index contributed by atoms with van der Waals surface area (Å²) in [5.41, 5.74) is 3.92. The van der Waals surface area contributed by atoms with Crippen LogP contribution in [0.25, 0.3) is 5.69 Å². The van der Waals surface area contributed by atoms with E-state index in [2.05, 4.69) is 23.4 Å². The molecule has 1 aromatic heterocycles. The van der Waals surface area contributed by atoms with Crippen molar-refractivity contribution >= 4 is 35.4 Å². The molecule has 3 aromatic rings. The molecular weight excluding hydrogens is 394 g/mol. The van der Waals surface area contributed by atoms with Crippen LogP contribution in [0.5, 0.6) is 0 Å². The van der Waals surface area contributed by atoms with Gasteiger partial charge in [-0.15, -0.1) is 0 Å². The fourth-order valence-electron chi connectivity index (χ4n) is 2.95. The number of benzene rings is 2. The number of aryl methyl sites for hydroxylation is 2. The first-order valence-corrected chi connectivity index (χ1v) is 9.59. The zero-order chi connectivity index (χ0) is 20.3. The van der Waals surface area contributed by atoms with E-state index in [0.717, 1.165) is 11.3 Å². The predicted molar refractivity (Wildman–Crippen MR) is 115 cm³/mol. The normalized spacial score (nSPS) is 11.0. The SMILES string of the molecule is Cc1ccc(-n2cnn(CN(C)CC(=O)Nc3ccccc3Cl)c2=S)c(C)c1. The molecule has 0 aliphatic heterocycles. The Morgan fingerprint density at radius 3 is 2.71 bits per heavy atom. The van der Waals surface area contributed by atoms with Crippen LogP contribution in [-0.2, 0) is 11.5 Å². The van der Waals surface area contributed by atoms with E-state index in [4.69, 9.17) is 23.8 Å². The Morgan fingerprint density at radius 2 is 2.00 bits per heavy atom. The quantitative estimate of drug-likeness (QED) is 0.613. The average molecular weight is 416 g/mol. The summed E-state index contributed by atoms with van der Waals surface area (Å²) in [5.74, 6) is -0.157. The van der Waals surface area contributed by atoms with Gasteiger partial charge in [0, 0.05) is 0 Å². The summed E-state index contributed by atoms with van der Waals surface area (Å²) in [7, 11) is 1.84. The molecule has 0 unspecified atom stereocenters. The second kappa shape index (κ2) is 8.68. The van der Waals surface area contributed by atoms with Gasteiger partial charge in [-0.1, -0.05) is 41.4 Å². The fourth-order valence-corrected chi connectivity index (χ4v) is 3.38. The van der Waals surface area contributed by atoms with Crippen molar-refractivity contribution in [3.8, 4) is 5.69 Å². The van der Waals surface area contributed by atoms with Crippen LogP contribution < -0.4 is 5.32 Å². The number of rotatable bonds is 6. The Hall–Kier alpha value is -2.48. The lowest BCUT2D eigenvalue weighted by Crippen LogP contribution is -2.32. The molecule has 1 N–H and O–H groups in total. The Kier molecular flexibility index (Phi) is 6.28. The number of aromatic nitrogens is 3. The molecule has 8 heteroatoms. The number of hydrogen-bond acceptors (Lipinski definition) is 4. The van der Waals surface area contributed by atoms with Crippen LogP contribution in [0.4, 0.5) is 5.69 Å². The standard InChI is InChI=1S/C20H22ClN5OS/c1-14-8-9-18(15(2)10-14)25-12-22-26(20(25)28)13-24(3)11-19(27)23-17-7-5-4-6-16(17)21/h4-10,12H,11,13H2,1-3H3,(H,23,27). The zero-order valence-corrected chi connectivity index (χ0v) is 17.6. The van der Waals surface area contributed by atoms with E-state index in [9.17, 15) is 4.79 Å². The number of carbonyl (C=O) groups excluding carboxylic acids is 1. The Bertz CT molecular complexity index is 1060. The third-order valence-corrected chi connectivity index (χ3v) is 5.02. The molecule has 1 heterocycles. The van der Waals surface area contributed by atoms with Gasteiger partial charge in [-0.2, -0.15) is 5.10 Å². The van der Waals surface area contributed by atoms with Crippen LogP contribution in [-0.4, -0.2) is 38.7 Å². The van der Waals surface area contributed by atoms with Crippen molar-refractivity contribution in [1.82, 2.24) is 19.2 Å². The minimum atomic E-state index is -0.157. The molecule has 146 valence electrons. The second-order valence-corrected chi connectivity index (χ2v) is 7.53. The number of nitrogens with one attached hydrogen (secondary N) is 1. The number of nitrogens with zero attached hydrogens (tertiary/aromatic N) is 4. The van der Waals surface area contributed by atoms with Gasteiger partial charge in [0.2, 0.25) is 10.7 Å². The number of halogens is 1. The maximum absolute atomic E-state index is 12.3. The van der Waals surface area contributed by atoms with Gasteiger partial charge in [-0.05, 0) is 56.9 Å². The molecule has 2 aromatic carbocycles. The van der Waals surface area contributed by atoms with Crippen LogP contribution in [0.3, 0.4) is 0 Å². The van der Waals surface area contributed by atoms with Crippen LogP contribution in [0.1, 0.15) is 11.1 Å². The first-order valence-electron chi connectivity index (χ1n) is 8.80. The summed E-state index contributed by atoms with van der Waals surface area (Å²) in [6, 6.07) is 13.3. The largest absolute Gasteiger partial charge is 0.324 e. The number of carbonyl (C=O) groups is 1. The van der Waals surface area contributed by atoms with Crippen LogP contribution in [0.15, 0.2) is 48.8 Å². The monoisotopic (exact) mass is 415 g/mol. The summed E-state index contributed by atoms with van der Waals surface area (Å²) in [5, 5.41) is 7.70. The molecule has 6 nitrogen and oxygen atoms in total. The highest BCUT2D eigenvalue weighted by molar-refractivity contribution is 7.71. The van der Waals surface area contributed by atoms with E-state index in [1.807, 2.05) is 47.7 Å². The third kappa shape index (κ3) is 4.67. The number of hydrogen-bond donors (Lipinski definition) is 1. The maximum atomic E-state index is 12.3. The zero-order valence-electron chi connectivity index (χ0n) is 16.0. The Labute approximate surface area is 174 Å².